The lowest BCUT2D eigenvalue weighted by Crippen LogP contribution is -2.10. The number of thiophene rings is 1. The lowest BCUT2D eigenvalue weighted by atomic mass is 9.96. The van der Waals surface area contributed by atoms with Crippen molar-refractivity contribution < 1.29 is 8.83 Å². The van der Waals surface area contributed by atoms with Crippen LogP contribution in [0.2, 0.25) is 0 Å². The average molecular weight is 760 g/mol. The minimum absolute atomic E-state index is 0.840. The normalized spacial score (nSPS) is 11.8. The molecule has 0 bridgehead atoms. The van der Waals surface area contributed by atoms with Gasteiger partial charge >= 0.3 is 0 Å². The molecule has 58 heavy (non-hydrogen) atoms. The molecule has 0 fully saturated rings. The molecule has 0 N–H and O–H groups in total. The largest absolute Gasteiger partial charge is 0.455 e. The van der Waals surface area contributed by atoms with E-state index in [2.05, 4.69) is 181 Å². The minimum atomic E-state index is 0.840. The van der Waals surface area contributed by atoms with Gasteiger partial charge < -0.3 is 13.7 Å². The second-order valence-electron chi connectivity index (χ2n) is 14.8. The van der Waals surface area contributed by atoms with Crippen molar-refractivity contribution in [3.8, 4) is 33.4 Å². The van der Waals surface area contributed by atoms with Crippen LogP contribution in [0.15, 0.2) is 209 Å². The Labute approximate surface area is 338 Å². The predicted molar refractivity (Wildman–Crippen MR) is 245 cm³/mol. The number of furan rings is 2. The number of benzene rings is 9. The Kier molecular flexibility index (Phi) is 7.40. The van der Waals surface area contributed by atoms with Gasteiger partial charge in [-0.25, -0.2) is 0 Å². The predicted octanol–water partition coefficient (Wildman–Crippen LogP) is 16.3. The van der Waals surface area contributed by atoms with E-state index in [-0.39, 0.29) is 0 Å². The molecule has 3 nitrogen and oxygen atoms in total. The van der Waals surface area contributed by atoms with Crippen molar-refractivity contribution >= 4 is 92.4 Å². The van der Waals surface area contributed by atoms with Crippen LogP contribution in [0, 0.1) is 0 Å². The second kappa shape index (κ2) is 13.1. The molecule has 4 heteroatoms. The highest BCUT2D eigenvalue weighted by molar-refractivity contribution is 7.26. The van der Waals surface area contributed by atoms with Crippen molar-refractivity contribution in [2.24, 2.45) is 0 Å². The minimum Gasteiger partial charge on any atom is -0.455 e. The maximum absolute atomic E-state index is 6.60. The summed E-state index contributed by atoms with van der Waals surface area (Å²) in [6.45, 7) is 0. The van der Waals surface area contributed by atoms with Crippen LogP contribution >= 0.6 is 11.3 Å². The van der Waals surface area contributed by atoms with Gasteiger partial charge in [0.2, 0.25) is 0 Å². The number of fused-ring (bicyclic) bond motifs is 10. The quantitative estimate of drug-likeness (QED) is 0.169. The fraction of sp³-hybridized carbons (Fsp3) is 0. The molecule has 0 aliphatic rings. The lowest BCUT2D eigenvalue weighted by molar-refractivity contribution is 0.663. The smallest absolute Gasteiger partial charge is 0.147 e. The van der Waals surface area contributed by atoms with Crippen molar-refractivity contribution in [1.29, 1.82) is 0 Å². The summed E-state index contributed by atoms with van der Waals surface area (Å²) >= 11 is 1.85. The van der Waals surface area contributed by atoms with Crippen LogP contribution in [-0.4, -0.2) is 0 Å². The van der Waals surface area contributed by atoms with Gasteiger partial charge in [-0.15, -0.1) is 11.3 Å². The SMILES string of the molecule is c1ccc(-c2ccc(N(c3cccc(-c4ccc(-c5cc6c7ccccc7oc6c6c5oc5ccccc56)cc4)c3)c3cccc4c3sc3ccccc34)cc2)cc1. The lowest BCUT2D eigenvalue weighted by Gasteiger charge is -2.27. The monoisotopic (exact) mass is 759 g/mol. The van der Waals surface area contributed by atoms with E-state index in [1.165, 1.54) is 31.3 Å². The number of para-hydroxylation sites is 2. The number of hydrogen-bond donors (Lipinski definition) is 0. The summed E-state index contributed by atoms with van der Waals surface area (Å²) in [5, 5.41) is 6.83. The number of anilines is 3. The Balaban J connectivity index is 0.984. The van der Waals surface area contributed by atoms with E-state index < -0.39 is 0 Å². The van der Waals surface area contributed by atoms with Gasteiger partial charge in [0.15, 0.2) is 0 Å². The highest BCUT2D eigenvalue weighted by atomic mass is 32.1. The Morgan fingerprint density at radius 1 is 0.362 bits per heavy atom. The van der Waals surface area contributed by atoms with Crippen LogP contribution < -0.4 is 4.90 Å². The summed E-state index contributed by atoms with van der Waals surface area (Å²) in [7, 11) is 0. The zero-order chi connectivity index (χ0) is 38.2. The molecule has 0 saturated carbocycles. The van der Waals surface area contributed by atoms with Crippen molar-refractivity contribution in [3.63, 3.8) is 0 Å². The van der Waals surface area contributed by atoms with Crippen LogP contribution in [0.1, 0.15) is 0 Å². The van der Waals surface area contributed by atoms with Gasteiger partial charge in [-0.2, -0.15) is 0 Å². The summed E-state index contributed by atoms with van der Waals surface area (Å²) < 4.78 is 15.7. The molecule has 0 aliphatic heterocycles. The maximum atomic E-state index is 6.60. The van der Waals surface area contributed by atoms with E-state index in [9.17, 15) is 0 Å². The van der Waals surface area contributed by atoms with E-state index in [1.807, 2.05) is 35.6 Å². The average Bonchev–Trinajstić information content (AvgIpc) is 3.99. The molecule has 0 unspecified atom stereocenters. The molecule has 272 valence electrons. The Bertz CT molecular complexity index is 3500. The summed E-state index contributed by atoms with van der Waals surface area (Å²) in [4.78, 5) is 2.41. The Morgan fingerprint density at radius 2 is 0.948 bits per heavy atom. The molecule has 0 atom stereocenters. The number of rotatable bonds is 6. The van der Waals surface area contributed by atoms with Crippen molar-refractivity contribution in [2.75, 3.05) is 4.90 Å². The van der Waals surface area contributed by atoms with Gasteiger partial charge in [0.1, 0.15) is 22.3 Å². The second-order valence-corrected chi connectivity index (χ2v) is 15.9. The molecule has 9 aromatic carbocycles. The van der Waals surface area contributed by atoms with E-state index in [4.69, 9.17) is 8.83 Å². The first kappa shape index (κ1) is 32.8. The highest BCUT2D eigenvalue weighted by Crippen LogP contribution is 2.47. The van der Waals surface area contributed by atoms with Crippen molar-refractivity contribution in [1.82, 2.24) is 0 Å². The molecule has 0 radical (unpaired) electrons. The van der Waals surface area contributed by atoms with Gasteiger partial charge in [-0.1, -0.05) is 146 Å². The number of hydrogen-bond acceptors (Lipinski definition) is 4. The van der Waals surface area contributed by atoms with Crippen molar-refractivity contribution in [2.45, 2.75) is 0 Å². The topological polar surface area (TPSA) is 29.5 Å². The first-order valence-electron chi connectivity index (χ1n) is 19.6. The zero-order valence-corrected chi connectivity index (χ0v) is 32.0. The van der Waals surface area contributed by atoms with E-state index in [0.717, 1.165) is 83.2 Å². The molecule has 0 spiro atoms. The van der Waals surface area contributed by atoms with Crippen molar-refractivity contribution in [3.05, 3.63) is 200 Å². The molecule has 3 aromatic heterocycles. The third kappa shape index (κ3) is 5.19. The summed E-state index contributed by atoms with van der Waals surface area (Å²) in [5.74, 6) is 0. The molecule has 0 aliphatic carbocycles. The first-order valence-corrected chi connectivity index (χ1v) is 20.4. The molecule has 12 rings (SSSR count). The maximum Gasteiger partial charge on any atom is 0.147 e. The molecule has 12 aromatic rings. The van der Waals surface area contributed by atoms with Crippen LogP contribution in [0.25, 0.3) is 97.4 Å². The van der Waals surface area contributed by atoms with Crippen LogP contribution in [0.3, 0.4) is 0 Å². The fourth-order valence-electron chi connectivity index (χ4n) is 8.72. The third-order valence-electron chi connectivity index (χ3n) is 11.5. The van der Waals surface area contributed by atoms with Gasteiger partial charge in [-0.05, 0) is 82.4 Å². The molecule has 0 amide bonds. The van der Waals surface area contributed by atoms with E-state index in [1.54, 1.807) is 0 Å². The molecular formula is C54H33NO2S. The molecular weight excluding hydrogens is 727 g/mol. The van der Waals surface area contributed by atoms with Gasteiger partial charge in [0.25, 0.3) is 0 Å². The van der Waals surface area contributed by atoms with Gasteiger partial charge in [0, 0.05) is 48.6 Å². The van der Waals surface area contributed by atoms with Crippen LogP contribution in [0.5, 0.6) is 0 Å². The highest BCUT2D eigenvalue weighted by Gasteiger charge is 2.22. The number of nitrogens with zero attached hydrogens (tertiary/aromatic N) is 1. The Hall–Kier alpha value is -7.40. The molecule has 3 heterocycles. The van der Waals surface area contributed by atoms with Gasteiger partial charge in [-0.3, -0.25) is 0 Å². The molecule has 0 saturated heterocycles. The van der Waals surface area contributed by atoms with Crippen LogP contribution in [-0.2, 0) is 0 Å². The summed E-state index contributed by atoms with van der Waals surface area (Å²) in [6, 6.07) is 71.5. The Morgan fingerprint density at radius 3 is 1.78 bits per heavy atom. The summed E-state index contributed by atoms with van der Waals surface area (Å²) in [6.07, 6.45) is 0. The van der Waals surface area contributed by atoms with E-state index in [0.29, 0.717) is 0 Å². The summed E-state index contributed by atoms with van der Waals surface area (Å²) in [5.41, 5.74) is 13.6. The van der Waals surface area contributed by atoms with Gasteiger partial charge in [0.05, 0.1) is 15.8 Å². The standard InChI is InChI=1S/C54H33NO2S/c1-2-12-34(13-3-1)35-28-30-39(31-29-35)55(47-20-11-19-43-42-17-6-9-23-50(42)58-54(43)47)40-15-10-14-38(32-40)36-24-26-37(27-25-36)45-33-46-41-16-4-7-21-48(41)56-53(46)51-44-18-5-8-22-49(44)57-52(45)51/h1-33H. The first-order chi connectivity index (χ1) is 28.7. The third-order valence-corrected chi connectivity index (χ3v) is 12.7. The fourth-order valence-corrected chi connectivity index (χ4v) is 9.92. The zero-order valence-electron chi connectivity index (χ0n) is 31.2. The van der Waals surface area contributed by atoms with E-state index >= 15 is 0 Å². The van der Waals surface area contributed by atoms with Crippen LogP contribution in [0.4, 0.5) is 17.1 Å².